The topological polar surface area (TPSA) is 82.1 Å². The third-order valence-electron chi connectivity index (χ3n) is 3.03. The van der Waals surface area contributed by atoms with E-state index in [-0.39, 0.29) is 11.7 Å². The van der Waals surface area contributed by atoms with Gasteiger partial charge in [-0.2, -0.15) is 5.10 Å². The summed E-state index contributed by atoms with van der Waals surface area (Å²) in [5.41, 5.74) is -0.718. The van der Waals surface area contributed by atoms with Crippen LogP contribution >= 0.6 is 0 Å². The van der Waals surface area contributed by atoms with E-state index in [0.717, 1.165) is 25.7 Å². The molecule has 1 aliphatic carbocycles. The van der Waals surface area contributed by atoms with E-state index in [2.05, 4.69) is 15.2 Å². The molecule has 2 rings (SSSR count). The Morgan fingerprint density at radius 1 is 1.62 bits per heavy atom. The molecule has 1 fully saturated rings. The molecule has 2 N–H and O–H groups in total. The zero-order valence-corrected chi connectivity index (χ0v) is 9.31. The van der Waals surface area contributed by atoms with E-state index in [1.54, 1.807) is 7.05 Å². The summed E-state index contributed by atoms with van der Waals surface area (Å²) in [6.45, 7) is 0.354. The molecule has 6 nitrogen and oxygen atoms in total. The molecule has 0 saturated heterocycles. The first-order valence-electron chi connectivity index (χ1n) is 5.44. The summed E-state index contributed by atoms with van der Waals surface area (Å²) >= 11 is 0. The number of nitrogens with one attached hydrogen (secondary N) is 1. The van der Waals surface area contributed by atoms with Crippen LogP contribution in [0.1, 0.15) is 36.3 Å². The smallest absolute Gasteiger partial charge is 0.291 e. The van der Waals surface area contributed by atoms with Crippen LogP contribution < -0.4 is 0 Å². The predicted molar refractivity (Wildman–Crippen MR) is 56.8 cm³/mol. The number of carbonyl (C=O) groups is 1. The number of nitrogens with zero attached hydrogens (tertiary/aromatic N) is 3. The molecule has 0 radical (unpaired) electrons. The summed E-state index contributed by atoms with van der Waals surface area (Å²) in [5.74, 6) is -0.0260. The van der Waals surface area contributed by atoms with E-state index in [1.807, 2.05) is 0 Å². The Hall–Kier alpha value is -1.43. The maximum atomic E-state index is 11.8. The van der Waals surface area contributed by atoms with Crippen LogP contribution in [0.4, 0.5) is 0 Å². The minimum absolute atomic E-state index is 0.212. The molecule has 0 unspecified atom stereocenters. The van der Waals surface area contributed by atoms with Gasteiger partial charge in [-0.15, -0.1) is 0 Å². The lowest BCUT2D eigenvalue weighted by atomic mass is 10.0. The van der Waals surface area contributed by atoms with Crippen LogP contribution in [0.15, 0.2) is 6.33 Å². The number of rotatable bonds is 3. The number of H-pyrrole nitrogens is 1. The molecule has 1 aromatic rings. The fourth-order valence-corrected chi connectivity index (χ4v) is 2.19. The van der Waals surface area contributed by atoms with Crippen LogP contribution in [0.2, 0.25) is 0 Å². The maximum absolute atomic E-state index is 11.8. The van der Waals surface area contributed by atoms with Crippen LogP contribution in [-0.4, -0.2) is 50.3 Å². The summed E-state index contributed by atoms with van der Waals surface area (Å²) < 4.78 is 0. The van der Waals surface area contributed by atoms with Crippen molar-refractivity contribution in [1.29, 1.82) is 0 Å². The van der Waals surface area contributed by atoms with Gasteiger partial charge in [-0.05, 0) is 12.8 Å². The number of likely N-dealkylation sites (N-methyl/N-ethyl adjacent to an activating group) is 1. The Labute approximate surface area is 93.7 Å². The van der Waals surface area contributed by atoms with Crippen molar-refractivity contribution in [3.05, 3.63) is 12.2 Å². The highest BCUT2D eigenvalue weighted by Crippen LogP contribution is 2.30. The average molecular weight is 224 g/mol. The minimum Gasteiger partial charge on any atom is -0.388 e. The molecule has 16 heavy (non-hydrogen) atoms. The van der Waals surface area contributed by atoms with Crippen molar-refractivity contribution < 1.29 is 9.90 Å². The fourth-order valence-electron chi connectivity index (χ4n) is 2.19. The molecule has 0 spiro atoms. The van der Waals surface area contributed by atoms with Gasteiger partial charge in [-0.3, -0.25) is 9.89 Å². The molecule has 1 amide bonds. The molecule has 6 heteroatoms. The Bertz CT molecular complexity index is 357. The van der Waals surface area contributed by atoms with Gasteiger partial charge in [0.25, 0.3) is 5.91 Å². The molecule has 1 saturated carbocycles. The van der Waals surface area contributed by atoms with Crippen molar-refractivity contribution in [1.82, 2.24) is 20.1 Å². The van der Waals surface area contributed by atoms with E-state index >= 15 is 0 Å². The molecule has 1 heterocycles. The van der Waals surface area contributed by atoms with Gasteiger partial charge in [-0.25, -0.2) is 4.98 Å². The van der Waals surface area contributed by atoms with Crippen LogP contribution in [0.25, 0.3) is 0 Å². The highest BCUT2D eigenvalue weighted by molar-refractivity contribution is 5.90. The molecule has 0 bridgehead atoms. The quantitative estimate of drug-likeness (QED) is 0.767. The summed E-state index contributed by atoms with van der Waals surface area (Å²) in [5, 5.41) is 16.3. The predicted octanol–water partition coefficient (Wildman–Crippen LogP) is 0.182. The summed E-state index contributed by atoms with van der Waals surface area (Å²) in [4.78, 5) is 17.1. The van der Waals surface area contributed by atoms with E-state index in [4.69, 9.17) is 0 Å². The van der Waals surface area contributed by atoms with E-state index in [9.17, 15) is 9.90 Å². The van der Waals surface area contributed by atoms with Crippen molar-refractivity contribution in [3.8, 4) is 0 Å². The molecule has 0 atom stereocenters. The highest BCUT2D eigenvalue weighted by Gasteiger charge is 2.33. The standard InChI is InChI=1S/C10H16N4O2/c1-14(6-10(16)4-2-3-5-10)9(15)8-11-7-12-13-8/h7,16H,2-6H2,1H3,(H,11,12,13). The summed E-state index contributed by atoms with van der Waals surface area (Å²) in [7, 11) is 1.67. The monoisotopic (exact) mass is 224 g/mol. The summed E-state index contributed by atoms with van der Waals surface area (Å²) in [6, 6.07) is 0. The first-order chi connectivity index (χ1) is 7.61. The van der Waals surface area contributed by atoms with Gasteiger partial charge < -0.3 is 10.0 Å². The van der Waals surface area contributed by atoms with Gasteiger partial charge in [-0.1, -0.05) is 12.8 Å². The zero-order chi connectivity index (χ0) is 11.6. The largest absolute Gasteiger partial charge is 0.388 e. The molecular weight excluding hydrogens is 208 g/mol. The first kappa shape index (κ1) is 11.1. The molecule has 1 aromatic heterocycles. The number of aromatic nitrogens is 3. The Kier molecular flexibility index (Phi) is 2.91. The molecule has 1 aliphatic rings. The second-order valence-electron chi connectivity index (χ2n) is 4.43. The van der Waals surface area contributed by atoms with Crippen LogP contribution in [0.3, 0.4) is 0 Å². The number of aliphatic hydroxyl groups is 1. The van der Waals surface area contributed by atoms with Gasteiger partial charge in [0.2, 0.25) is 5.82 Å². The van der Waals surface area contributed by atoms with Crippen LogP contribution in [0, 0.1) is 0 Å². The number of hydrogen-bond donors (Lipinski definition) is 2. The molecule has 88 valence electrons. The number of hydrogen-bond acceptors (Lipinski definition) is 4. The van der Waals surface area contributed by atoms with Crippen LogP contribution in [0.5, 0.6) is 0 Å². The van der Waals surface area contributed by atoms with Gasteiger partial charge in [0.05, 0.1) is 5.60 Å². The number of amides is 1. The first-order valence-corrected chi connectivity index (χ1v) is 5.44. The third-order valence-corrected chi connectivity index (χ3v) is 3.03. The second-order valence-corrected chi connectivity index (χ2v) is 4.43. The van der Waals surface area contributed by atoms with Gasteiger partial charge in [0, 0.05) is 13.6 Å². The Balaban J connectivity index is 1.97. The van der Waals surface area contributed by atoms with Crippen molar-refractivity contribution >= 4 is 5.91 Å². The molecular formula is C10H16N4O2. The Morgan fingerprint density at radius 2 is 2.31 bits per heavy atom. The van der Waals surface area contributed by atoms with Gasteiger partial charge in [0.15, 0.2) is 0 Å². The maximum Gasteiger partial charge on any atom is 0.291 e. The van der Waals surface area contributed by atoms with E-state index in [0.29, 0.717) is 6.54 Å². The molecule has 0 aromatic carbocycles. The summed E-state index contributed by atoms with van der Waals surface area (Å²) in [6.07, 6.45) is 4.88. The second kappa shape index (κ2) is 4.21. The lowest BCUT2D eigenvalue weighted by Crippen LogP contribution is -2.42. The minimum atomic E-state index is -0.718. The lowest BCUT2D eigenvalue weighted by Gasteiger charge is -2.27. The van der Waals surface area contributed by atoms with Crippen molar-refractivity contribution in [2.24, 2.45) is 0 Å². The zero-order valence-electron chi connectivity index (χ0n) is 9.31. The highest BCUT2D eigenvalue weighted by atomic mass is 16.3. The van der Waals surface area contributed by atoms with Gasteiger partial charge in [0.1, 0.15) is 6.33 Å². The molecule has 0 aliphatic heterocycles. The Morgan fingerprint density at radius 3 is 2.88 bits per heavy atom. The SMILES string of the molecule is CN(CC1(O)CCCC1)C(=O)c1ncn[nH]1. The van der Waals surface area contributed by atoms with Crippen molar-refractivity contribution in [2.45, 2.75) is 31.3 Å². The third kappa shape index (κ3) is 2.21. The fraction of sp³-hybridized carbons (Fsp3) is 0.700. The lowest BCUT2D eigenvalue weighted by molar-refractivity contribution is 0.0153. The average Bonchev–Trinajstić information content (AvgIpc) is 2.87. The van der Waals surface area contributed by atoms with Gasteiger partial charge >= 0.3 is 0 Å². The normalized spacial score (nSPS) is 18.6. The van der Waals surface area contributed by atoms with Crippen LogP contribution in [-0.2, 0) is 0 Å². The van der Waals surface area contributed by atoms with E-state index < -0.39 is 5.60 Å². The number of carbonyl (C=O) groups excluding carboxylic acids is 1. The number of aromatic amines is 1. The van der Waals surface area contributed by atoms with Crippen molar-refractivity contribution in [2.75, 3.05) is 13.6 Å². The van der Waals surface area contributed by atoms with Crippen molar-refractivity contribution in [3.63, 3.8) is 0 Å². The van der Waals surface area contributed by atoms with E-state index in [1.165, 1.54) is 11.2 Å².